The van der Waals surface area contributed by atoms with Crippen LogP contribution in [0.5, 0.6) is 0 Å². The molecule has 1 aliphatic rings. The molecule has 0 aliphatic heterocycles. The Morgan fingerprint density at radius 3 is 2.83 bits per heavy atom. The molecular weight excluding hydrogens is 288 g/mol. The van der Waals surface area contributed by atoms with Gasteiger partial charge >= 0.3 is 0 Å². The molecule has 23 heavy (non-hydrogen) atoms. The van der Waals surface area contributed by atoms with Gasteiger partial charge in [-0.15, -0.1) is 0 Å². The largest absolute Gasteiger partial charge is 0.396 e. The molecule has 0 spiro atoms. The number of rotatable bonds is 8. The van der Waals surface area contributed by atoms with Crippen LogP contribution in [0.15, 0.2) is 12.3 Å². The third kappa shape index (κ3) is 3.66. The first kappa shape index (κ1) is 16.2. The van der Waals surface area contributed by atoms with Crippen molar-refractivity contribution in [3.05, 3.63) is 18.1 Å². The van der Waals surface area contributed by atoms with Crippen molar-refractivity contribution >= 4 is 16.9 Å². The second-order valence-electron chi connectivity index (χ2n) is 6.76. The summed E-state index contributed by atoms with van der Waals surface area (Å²) in [5, 5.41) is 12.9. The van der Waals surface area contributed by atoms with Crippen LogP contribution < -0.4 is 5.32 Å². The third-order valence-corrected chi connectivity index (χ3v) is 4.86. The van der Waals surface area contributed by atoms with Crippen molar-refractivity contribution < 1.29 is 5.11 Å². The fourth-order valence-corrected chi connectivity index (χ4v) is 3.42. The molecule has 0 unspecified atom stereocenters. The highest BCUT2D eigenvalue weighted by atomic mass is 16.3. The van der Waals surface area contributed by atoms with Crippen molar-refractivity contribution in [3.63, 3.8) is 0 Å². The van der Waals surface area contributed by atoms with E-state index in [1.165, 1.54) is 19.3 Å². The topological polar surface area (TPSA) is 63.0 Å². The Morgan fingerprint density at radius 1 is 1.35 bits per heavy atom. The van der Waals surface area contributed by atoms with Crippen LogP contribution in [0.1, 0.15) is 51.3 Å². The number of hydrogen-bond donors (Lipinski definition) is 2. The summed E-state index contributed by atoms with van der Waals surface area (Å²) < 4.78 is 2.31. The average molecular weight is 316 g/mol. The molecule has 1 atom stereocenters. The Labute approximate surface area is 138 Å². The standard InChI is InChI=1S/C18H28N4O/c1-3-5-15(9-11-23)21-18-17-16(19-13(2)20-18)8-10-22(17)12-14-6-4-7-14/h8,10,14-15,23H,3-7,9,11-12H2,1-2H3,(H,19,20,21)/t15-/m0/s1. The predicted molar refractivity (Wildman–Crippen MR) is 93.6 cm³/mol. The van der Waals surface area contributed by atoms with E-state index < -0.39 is 0 Å². The zero-order valence-corrected chi connectivity index (χ0v) is 14.3. The van der Waals surface area contributed by atoms with Crippen molar-refractivity contribution in [2.75, 3.05) is 11.9 Å². The van der Waals surface area contributed by atoms with Gasteiger partial charge in [0.05, 0.1) is 5.52 Å². The van der Waals surface area contributed by atoms with Crippen LogP contribution in [0.3, 0.4) is 0 Å². The third-order valence-electron chi connectivity index (χ3n) is 4.86. The van der Waals surface area contributed by atoms with Crippen LogP contribution in [0.4, 0.5) is 5.82 Å². The monoisotopic (exact) mass is 316 g/mol. The molecule has 3 rings (SSSR count). The zero-order valence-electron chi connectivity index (χ0n) is 14.3. The summed E-state index contributed by atoms with van der Waals surface area (Å²) in [5.41, 5.74) is 2.13. The van der Waals surface area contributed by atoms with Gasteiger partial charge in [0.2, 0.25) is 0 Å². The first-order chi connectivity index (χ1) is 11.2. The summed E-state index contributed by atoms with van der Waals surface area (Å²) in [7, 11) is 0. The smallest absolute Gasteiger partial charge is 0.154 e. The van der Waals surface area contributed by atoms with E-state index in [0.29, 0.717) is 0 Å². The number of aliphatic hydroxyl groups excluding tert-OH is 1. The quantitative estimate of drug-likeness (QED) is 0.782. The molecule has 2 aromatic heterocycles. The summed E-state index contributed by atoms with van der Waals surface area (Å²) in [4.78, 5) is 9.25. The maximum absolute atomic E-state index is 9.30. The second kappa shape index (κ2) is 7.30. The Morgan fingerprint density at radius 2 is 2.17 bits per heavy atom. The van der Waals surface area contributed by atoms with E-state index in [9.17, 15) is 5.11 Å². The molecule has 0 amide bonds. The minimum absolute atomic E-state index is 0.202. The summed E-state index contributed by atoms with van der Waals surface area (Å²) in [5.74, 6) is 2.51. The van der Waals surface area contributed by atoms with Crippen molar-refractivity contribution in [2.45, 2.75) is 65.0 Å². The first-order valence-electron chi connectivity index (χ1n) is 8.92. The Bertz CT molecular complexity index is 642. The highest BCUT2D eigenvalue weighted by Crippen LogP contribution is 2.31. The van der Waals surface area contributed by atoms with Crippen LogP contribution in [-0.4, -0.2) is 32.3 Å². The number of anilines is 1. The summed E-state index contributed by atoms with van der Waals surface area (Å²) in [6.07, 6.45) is 9.04. The Kier molecular flexibility index (Phi) is 5.16. The van der Waals surface area contributed by atoms with E-state index in [1.807, 2.05) is 6.92 Å². The highest BCUT2D eigenvalue weighted by molar-refractivity contribution is 5.86. The van der Waals surface area contributed by atoms with E-state index in [-0.39, 0.29) is 12.6 Å². The minimum Gasteiger partial charge on any atom is -0.396 e. The van der Waals surface area contributed by atoms with Crippen LogP contribution in [0.2, 0.25) is 0 Å². The van der Waals surface area contributed by atoms with Crippen molar-refractivity contribution in [1.29, 1.82) is 0 Å². The van der Waals surface area contributed by atoms with Crippen LogP contribution >= 0.6 is 0 Å². The van der Waals surface area contributed by atoms with Gasteiger partial charge in [0.15, 0.2) is 5.82 Å². The molecule has 1 fully saturated rings. The zero-order chi connectivity index (χ0) is 16.2. The molecule has 0 saturated heterocycles. The normalized spacial score (nSPS) is 16.5. The lowest BCUT2D eigenvalue weighted by Gasteiger charge is -2.26. The minimum atomic E-state index is 0.202. The fourth-order valence-electron chi connectivity index (χ4n) is 3.42. The lowest BCUT2D eigenvalue weighted by molar-refractivity contribution is 0.276. The van der Waals surface area contributed by atoms with Crippen LogP contribution in [-0.2, 0) is 6.54 Å². The number of fused-ring (bicyclic) bond motifs is 1. The number of hydrogen-bond acceptors (Lipinski definition) is 4. The molecular formula is C18H28N4O. The molecule has 126 valence electrons. The van der Waals surface area contributed by atoms with E-state index in [0.717, 1.165) is 54.4 Å². The Balaban J connectivity index is 1.91. The molecule has 1 saturated carbocycles. The molecule has 0 radical (unpaired) electrons. The lowest BCUT2D eigenvalue weighted by atomic mass is 9.85. The van der Waals surface area contributed by atoms with Gasteiger partial charge < -0.3 is 15.0 Å². The molecule has 0 aromatic carbocycles. The van der Waals surface area contributed by atoms with E-state index in [4.69, 9.17) is 0 Å². The average Bonchev–Trinajstić information content (AvgIpc) is 2.86. The predicted octanol–water partition coefficient (Wildman–Crippen LogP) is 3.50. The van der Waals surface area contributed by atoms with E-state index in [1.54, 1.807) is 0 Å². The van der Waals surface area contributed by atoms with Gasteiger partial charge in [0.25, 0.3) is 0 Å². The van der Waals surface area contributed by atoms with Gasteiger partial charge in [-0.2, -0.15) is 0 Å². The van der Waals surface area contributed by atoms with Crippen molar-refractivity contribution in [1.82, 2.24) is 14.5 Å². The molecule has 1 aliphatic carbocycles. The van der Waals surface area contributed by atoms with Gasteiger partial charge in [-0.25, -0.2) is 9.97 Å². The van der Waals surface area contributed by atoms with E-state index in [2.05, 4.69) is 39.0 Å². The maximum atomic E-state index is 9.30. The van der Waals surface area contributed by atoms with Crippen LogP contribution in [0.25, 0.3) is 11.0 Å². The number of nitrogens with zero attached hydrogens (tertiary/aromatic N) is 3. The number of aryl methyl sites for hydroxylation is 1. The van der Waals surface area contributed by atoms with Gasteiger partial charge in [0.1, 0.15) is 11.3 Å². The molecule has 2 N–H and O–H groups in total. The van der Waals surface area contributed by atoms with Gasteiger partial charge in [-0.1, -0.05) is 19.8 Å². The summed E-state index contributed by atoms with van der Waals surface area (Å²) in [6.45, 7) is 5.37. The Hall–Kier alpha value is -1.62. The SMILES string of the molecule is CCC[C@@H](CCO)Nc1nc(C)nc2ccn(CC3CCC3)c12. The maximum Gasteiger partial charge on any atom is 0.154 e. The lowest BCUT2D eigenvalue weighted by Crippen LogP contribution is -2.23. The fraction of sp³-hybridized carbons (Fsp3) is 0.667. The number of aliphatic hydroxyl groups is 1. The van der Waals surface area contributed by atoms with Crippen molar-refractivity contribution in [2.24, 2.45) is 5.92 Å². The van der Waals surface area contributed by atoms with Crippen LogP contribution in [0, 0.1) is 12.8 Å². The molecule has 0 bridgehead atoms. The number of aromatic nitrogens is 3. The second-order valence-corrected chi connectivity index (χ2v) is 6.76. The molecule has 2 heterocycles. The van der Waals surface area contributed by atoms with Gasteiger partial charge in [-0.3, -0.25) is 0 Å². The van der Waals surface area contributed by atoms with E-state index >= 15 is 0 Å². The number of nitrogens with one attached hydrogen (secondary N) is 1. The summed E-state index contributed by atoms with van der Waals surface area (Å²) >= 11 is 0. The first-order valence-corrected chi connectivity index (χ1v) is 8.92. The molecule has 2 aromatic rings. The van der Waals surface area contributed by atoms with Crippen molar-refractivity contribution in [3.8, 4) is 0 Å². The van der Waals surface area contributed by atoms with Gasteiger partial charge in [-0.05, 0) is 44.6 Å². The molecule has 5 heteroatoms. The highest BCUT2D eigenvalue weighted by Gasteiger charge is 2.20. The summed E-state index contributed by atoms with van der Waals surface area (Å²) in [6, 6.07) is 2.35. The van der Waals surface area contributed by atoms with Gasteiger partial charge in [0, 0.05) is 25.4 Å². The molecule has 5 nitrogen and oxygen atoms in total.